The van der Waals surface area contributed by atoms with E-state index in [0.29, 0.717) is 17.8 Å². The van der Waals surface area contributed by atoms with Crippen LogP contribution in [-0.4, -0.2) is 34.2 Å². The standard InChI is InChI=1S/C10H18N4O/c1-2-9-12-13-10(15-9)7-14-5-3-4-8(11)6-14/h8H,2-7,11H2,1H3. The molecule has 0 aliphatic carbocycles. The van der Waals surface area contributed by atoms with Crippen molar-refractivity contribution in [3.05, 3.63) is 11.8 Å². The number of likely N-dealkylation sites (tertiary alicyclic amines) is 1. The molecule has 1 fully saturated rings. The second-order valence-electron chi connectivity index (χ2n) is 4.08. The highest BCUT2D eigenvalue weighted by molar-refractivity contribution is 4.84. The molecule has 5 nitrogen and oxygen atoms in total. The predicted molar refractivity (Wildman–Crippen MR) is 56.2 cm³/mol. The maximum atomic E-state index is 5.90. The van der Waals surface area contributed by atoms with Crippen molar-refractivity contribution in [2.45, 2.75) is 38.8 Å². The van der Waals surface area contributed by atoms with E-state index in [4.69, 9.17) is 10.2 Å². The molecule has 1 saturated heterocycles. The van der Waals surface area contributed by atoms with Gasteiger partial charge >= 0.3 is 0 Å². The first kappa shape index (κ1) is 10.6. The van der Waals surface area contributed by atoms with E-state index in [1.54, 1.807) is 0 Å². The third-order valence-corrected chi connectivity index (χ3v) is 2.71. The highest BCUT2D eigenvalue weighted by Gasteiger charge is 2.18. The minimum Gasteiger partial charge on any atom is -0.424 e. The summed E-state index contributed by atoms with van der Waals surface area (Å²) >= 11 is 0. The summed E-state index contributed by atoms with van der Waals surface area (Å²) in [5, 5.41) is 7.95. The van der Waals surface area contributed by atoms with Gasteiger partial charge in [0.2, 0.25) is 11.8 Å². The molecule has 2 N–H and O–H groups in total. The molecule has 1 aliphatic rings. The number of aromatic nitrogens is 2. The van der Waals surface area contributed by atoms with Crippen LogP contribution in [0.2, 0.25) is 0 Å². The van der Waals surface area contributed by atoms with E-state index in [-0.39, 0.29) is 0 Å². The van der Waals surface area contributed by atoms with E-state index in [1.165, 1.54) is 0 Å². The van der Waals surface area contributed by atoms with Crippen LogP contribution in [0.3, 0.4) is 0 Å². The molecule has 0 aromatic carbocycles. The summed E-state index contributed by atoms with van der Waals surface area (Å²) in [4.78, 5) is 2.28. The van der Waals surface area contributed by atoms with E-state index >= 15 is 0 Å². The number of hydrogen-bond acceptors (Lipinski definition) is 5. The highest BCUT2D eigenvalue weighted by atomic mass is 16.4. The van der Waals surface area contributed by atoms with Crippen molar-refractivity contribution in [3.63, 3.8) is 0 Å². The molecular formula is C10H18N4O. The molecular weight excluding hydrogens is 192 g/mol. The lowest BCUT2D eigenvalue weighted by Crippen LogP contribution is -2.42. The van der Waals surface area contributed by atoms with E-state index in [2.05, 4.69) is 15.1 Å². The molecule has 0 spiro atoms. The van der Waals surface area contributed by atoms with Crippen LogP contribution in [0.5, 0.6) is 0 Å². The van der Waals surface area contributed by atoms with Gasteiger partial charge in [0.1, 0.15) is 0 Å². The zero-order chi connectivity index (χ0) is 10.7. The third-order valence-electron chi connectivity index (χ3n) is 2.71. The maximum absolute atomic E-state index is 5.90. The van der Waals surface area contributed by atoms with E-state index < -0.39 is 0 Å². The van der Waals surface area contributed by atoms with Crippen LogP contribution in [-0.2, 0) is 13.0 Å². The Morgan fingerprint density at radius 2 is 2.27 bits per heavy atom. The second-order valence-corrected chi connectivity index (χ2v) is 4.08. The fourth-order valence-corrected chi connectivity index (χ4v) is 1.92. The average Bonchev–Trinajstić information content (AvgIpc) is 2.65. The van der Waals surface area contributed by atoms with E-state index in [9.17, 15) is 0 Å². The minimum absolute atomic E-state index is 0.298. The van der Waals surface area contributed by atoms with Gasteiger partial charge in [0.15, 0.2) is 0 Å². The molecule has 1 unspecified atom stereocenters. The summed E-state index contributed by atoms with van der Waals surface area (Å²) < 4.78 is 5.47. The summed E-state index contributed by atoms with van der Waals surface area (Å²) in [5.74, 6) is 1.42. The van der Waals surface area contributed by atoms with Gasteiger partial charge in [-0.15, -0.1) is 10.2 Å². The Labute approximate surface area is 89.6 Å². The lowest BCUT2D eigenvalue weighted by atomic mass is 10.1. The van der Waals surface area contributed by atoms with Crippen molar-refractivity contribution in [1.82, 2.24) is 15.1 Å². The number of piperidine rings is 1. The maximum Gasteiger partial charge on any atom is 0.230 e. The number of aryl methyl sites for hydroxylation is 1. The molecule has 0 amide bonds. The molecule has 0 radical (unpaired) electrons. The minimum atomic E-state index is 0.298. The molecule has 5 heteroatoms. The SMILES string of the molecule is CCc1nnc(CN2CCCC(N)C2)o1. The molecule has 1 atom stereocenters. The first-order valence-electron chi connectivity index (χ1n) is 5.57. The van der Waals surface area contributed by atoms with Gasteiger partial charge in [0, 0.05) is 19.0 Å². The van der Waals surface area contributed by atoms with Crippen LogP contribution in [0.15, 0.2) is 4.42 Å². The lowest BCUT2D eigenvalue weighted by molar-refractivity contribution is 0.183. The van der Waals surface area contributed by atoms with Crippen LogP contribution in [0.4, 0.5) is 0 Å². The van der Waals surface area contributed by atoms with Crippen molar-refractivity contribution in [1.29, 1.82) is 0 Å². The molecule has 1 aliphatic heterocycles. The predicted octanol–water partition coefficient (Wildman–Crippen LogP) is 0.555. The number of rotatable bonds is 3. The molecule has 0 saturated carbocycles. The summed E-state index contributed by atoms with van der Waals surface area (Å²) in [5.41, 5.74) is 5.90. The lowest BCUT2D eigenvalue weighted by Gasteiger charge is -2.29. The van der Waals surface area contributed by atoms with Gasteiger partial charge in [-0.05, 0) is 19.4 Å². The summed E-state index contributed by atoms with van der Waals surface area (Å²) in [6.07, 6.45) is 3.09. The van der Waals surface area contributed by atoms with Crippen molar-refractivity contribution in [3.8, 4) is 0 Å². The first-order valence-corrected chi connectivity index (χ1v) is 5.57. The Balaban J connectivity index is 1.90. The molecule has 1 aromatic rings. The Kier molecular flexibility index (Phi) is 3.33. The van der Waals surface area contributed by atoms with Gasteiger partial charge in [-0.1, -0.05) is 6.92 Å². The number of hydrogen-bond donors (Lipinski definition) is 1. The van der Waals surface area contributed by atoms with Crippen LogP contribution in [0.25, 0.3) is 0 Å². The number of nitrogens with two attached hydrogens (primary N) is 1. The van der Waals surface area contributed by atoms with Gasteiger partial charge in [0.25, 0.3) is 0 Å². The molecule has 2 heterocycles. The molecule has 0 bridgehead atoms. The summed E-state index contributed by atoms with van der Waals surface area (Å²) in [6.45, 7) is 4.76. The Bertz CT molecular complexity index is 312. The summed E-state index contributed by atoms with van der Waals surface area (Å²) in [7, 11) is 0. The van der Waals surface area contributed by atoms with E-state index in [0.717, 1.165) is 38.9 Å². The van der Waals surface area contributed by atoms with Crippen LogP contribution in [0, 0.1) is 0 Å². The van der Waals surface area contributed by atoms with Crippen molar-refractivity contribution in [2.75, 3.05) is 13.1 Å². The van der Waals surface area contributed by atoms with Crippen LogP contribution in [0.1, 0.15) is 31.5 Å². The van der Waals surface area contributed by atoms with Gasteiger partial charge in [0.05, 0.1) is 6.54 Å². The Morgan fingerprint density at radius 3 is 2.93 bits per heavy atom. The second kappa shape index (κ2) is 4.72. The van der Waals surface area contributed by atoms with Crippen molar-refractivity contribution < 1.29 is 4.42 Å². The monoisotopic (exact) mass is 210 g/mol. The Morgan fingerprint density at radius 1 is 1.47 bits per heavy atom. The molecule has 2 rings (SSSR count). The van der Waals surface area contributed by atoms with Gasteiger partial charge < -0.3 is 10.2 Å². The van der Waals surface area contributed by atoms with Crippen molar-refractivity contribution in [2.24, 2.45) is 5.73 Å². The normalized spacial score (nSPS) is 23.2. The summed E-state index contributed by atoms with van der Waals surface area (Å²) in [6, 6.07) is 0.298. The number of nitrogens with zero attached hydrogens (tertiary/aromatic N) is 3. The van der Waals surface area contributed by atoms with Gasteiger partial charge in [-0.25, -0.2) is 0 Å². The van der Waals surface area contributed by atoms with E-state index in [1.807, 2.05) is 6.92 Å². The third kappa shape index (κ3) is 2.76. The highest BCUT2D eigenvalue weighted by Crippen LogP contribution is 2.11. The van der Waals surface area contributed by atoms with Crippen LogP contribution >= 0.6 is 0 Å². The first-order chi connectivity index (χ1) is 7.28. The zero-order valence-corrected chi connectivity index (χ0v) is 9.15. The van der Waals surface area contributed by atoms with Crippen molar-refractivity contribution >= 4 is 0 Å². The fourth-order valence-electron chi connectivity index (χ4n) is 1.92. The smallest absolute Gasteiger partial charge is 0.230 e. The van der Waals surface area contributed by atoms with Gasteiger partial charge in [-0.3, -0.25) is 4.90 Å². The molecule has 84 valence electrons. The average molecular weight is 210 g/mol. The molecule has 1 aromatic heterocycles. The largest absolute Gasteiger partial charge is 0.424 e. The Hall–Kier alpha value is -0.940. The van der Waals surface area contributed by atoms with Gasteiger partial charge in [-0.2, -0.15) is 0 Å². The topological polar surface area (TPSA) is 68.2 Å². The van der Waals surface area contributed by atoms with Crippen LogP contribution < -0.4 is 5.73 Å². The zero-order valence-electron chi connectivity index (χ0n) is 9.15. The quantitative estimate of drug-likeness (QED) is 0.789. The fraction of sp³-hybridized carbons (Fsp3) is 0.800. The molecule has 15 heavy (non-hydrogen) atoms.